The van der Waals surface area contributed by atoms with Crippen LogP contribution in [0.5, 0.6) is 0 Å². The molecule has 2 heterocycles. The molecule has 0 saturated heterocycles. The molecular formula is C25H22F6N4O2S. The van der Waals surface area contributed by atoms with Crippen molar-refractivity contribution < 1.29 is 34.8 Å². The van der Waals surface area contributed by atoms with Gasteiger partial charge in [-0.2, -0.15) is 36.3 Å². The van der Waals surface area contributed by atoms with Crippen LogP contribution in [-0.2, 0) is 10.0 Å². The van der Waals surface area contributed by atoms with Crippen LogP contribution in [0.1, 0.15) is 50.1 Å². The van der Waals surface area contributed by atoms with Crippen LogP contribution < -0.4 is 4.72 Å². The van der Waals surface area contributed by atoms with E-state index in [1.54, 1.807) is 21.4 Å². The summed E-state index contributed by atoms with van der Waals surface area (Å²) in [5.41, 5.74) is -1.04. The van der Waals surface area contributed by atoms with Gasteiger partial charge in [0.2, 0.25) is 10.0 Å². The summed E-state index contributed by atoms with van der Waals surface area (Å²) < 4.78 is 109. The zero-order chi connectivity index (χ0) is 27.5. The molecular weight excluding hydrogens is 534 g/mol. The van der Waals surface area contributed by atoms with Crippen molar-refractivity contribution in [3.63, 3.8) is 0 Å². The number of sulfonamides is 1. The highest BCUT2D eigenvalue weighted by molar-refractivity contribution is 7.89. The largest absolute Gasteiger partial charge is 0.407 e. The number of nitrogens with zero attached hydrogens (tertiary/aromatic N) is 3. The molecule has 2 aromatic heterocycles. The summed E-state index contributed by atoms with van der Waals surface area (Å²) in [7, 11) is -4.49. The Balaban J connectivity index is 1.53. The van der Waals surface area contributed by atoms with E-state index in [4.69, 9.17) is 0 Å². The lowest BCUT2D eigenvalue weighted by Crippen LogP contribution is -2.47. The summed E-state index contributed by atoms with van der Waals surface area (Å²) in [6.07, 6.45) is -7.93. The van der Waals surface area contributed by atoms with E-state index in [1.807, 2.05) is 0 Å². The second-order valence-electron chi connectivity index (χ2n) is 9.84. The van der Waals surface area contributed by atoms with Gasteiger partial charge in [0.15, 0.2) is 0 Å². The van der Waals surface area contributed by atoms with Crippen LogP contribution in [0.25, 0.3) is 22.3 Å². The highest BCUT2D eigenvalue weighted by Crippen LogP contribution is 2.50. The van der Waals surface area contributed by atoms with Crippen molar-refractivity contribution in [2.24, 2.45) is 5.92 Å². The van der Waals surface area contributed by atoms with Crippen LogP contribution in [-0.4, -0.2) is 35.9 Å². The fourth-order valence-electron chi connectivity index (χ4n) is 5.23. The average molecular weight is 557 g/mol. The van der Waals surface area contributed by atoms with E-state index in [2.05, 4.69) is 11.1 Å². The third kappa shape index (κ3) is 4.53. The number of benzene rings is 1. The lowest BCUT2D eigenvalue weighted by Gasteiger charge is -2.32. The van der Waals surface area contributed by atoms with E-state index < -0.39 is 33.8 Å². The number of nitrogens with one attached hydrogen (secondary N) is 1. The number of halogens is 6. The molecule has 5 rings (SSSR count). The normalized spacial score (nSPS) is 21.8. The summed E-state index contributed by atoms with van der Waals surface area (Å²) >= 11 is 0. The zero-order valence-electron chi connectivity index (χ0n) is 19.8. The molecule has 0 radical (unpaired) electrons. The van der Waals surface area contributed by atoms with Gasteiger partial charge in [-0.25, -0.2) is 13.4 Å². The first kappa shape index (κ1) is 26.5. The topological polar surface area (TPSA) is 87.8 Å². The third-order valence-corrected chi connectivity index (χ3v) is 9.01. The zero-order valence-corrected chi connectivity index (χ0v) is 20.6. The van der Waals surface area contributed by atoms with Gasteiger partial charge in [-0.3, -0.25) is 0 Å². The number of hydrogen-bond acceptors (Lipinski definition) is 4. The number of aromatic nitrogens is 2. The Bertz CT molecular complexity index is 1510. The fraction of sp³-hybridized carbons (Fsp3) is 0.440. The number of fused-ring (bicyclic) bond motifs is 1. The van der Waals surface area contributed by atoms with E-state index in [0.717, 1.165) is 12.1 Å². The highest BCUT2D eigenvalue weighted by Gasteiger charge is 2.65. The maximum atomic E-state index is 13.3. The van der Waals surface area contributed by atoms with Gasteiger partial charge in [-0.15, -0.1) is 0 Å². The Hall–Kier alpha value is -3.11. The highest BCUT2D eigenvalue weighted by atomic mass is 32.2. The lowest BCUT2D eigenvalue weighted by molar-refractivity contribution is -0.183. The summed E-state index contributed by atoms with van der Waals surface area (Å²) in [5.74, 6) is -1.41. The Morgan fingerprint density at radius 2 is 1.63 bits per heavy atom. The Morgan fingerprint density at radius 3 is 2.16 bits per heavy atom. The molecule has 0 aliphatic heterocycles. The minimum Gasteiger partial charge on any atom is -0.321 e. The van der Waals surface area contributed by atoms with E-state index in [9.17, 15) is 40.0 Å². The van der Waals surface area contributed by atoms with Crippen LogP contribution in [0.3, 0.4) is 0 Å². The number of hydrogen-bond donors (Lipinski definition) is 1. The van der Waals surface area contributed by atoms with Crippen molar-refractivity contribution in [3.05, 3.63) is 48.2 Å². The predicted octanol–water partition coefficient (Wildman–Crippen LogP) is 6.24. The Kier molecular flexibility index (Phi) is 6.26. The molecule has 1 aromatic carbocycles. The molecule has 2 saturated carbocycles. The van der Waals surface area contributed by atoms with Gasteiger partial charge in [-0.05, 0) is 68.4 Å². The number of alkyl halides is 6. The quantitative estimate of drug-likeness (QED) is 0.377. The molecule has 6 nitrogen and oxygen atoms in total. The van der Waals surface area contributed by atoms with Crippen LogP contribution in [0.2, 0.25) is 0 Å². The van der Waals surface area contributed by atoms with Gasteiger partial charge in [0.05, 0.1) is 22.1 Å². The summed E-state index contributed by atoms with van der Waals surface area (Å²) in [6.45, 7) is 0. The maximum absolute atomic E-state index is 13.3. The standard InChI is InChI=1S/C25H22F6N4O2S/c26-24(27,28)16-5-7-17(8-6-16)35-21(20(14-32)19-2-1-13-33-22(19)35)15-3-9-18(10-4-15)38(36,37)34-23(11-12-23)25(29,30)31/h1-4,9-10,13,16-17,34H,5-8,11-12H2. The molecule has 0 amide bonds. The minimum absolute atomic E-state index is 0.0776. The van der Waals surface area contributed by atoms with Crippen LogP contribution in [0.15, 0.2) is 47.5 Å². The van der Waals surface area contributed by atoms with Crippen molar-refractivity contribution >= 4 is 21.1 Å². The Labute approximate surface area is 214 Å². The van der Waals surface area contributed by atoms with Gasteiger partial charge in [0, 0.05) is 17.6 Å². The van der Waals surface area contributed by atoms with Gasteiger partial charge in [-0.1, -0.05) is 12.1 Å². The molecule has 2 aliphatic carbocycles. The van der Waals surface area contributed by atoms with Crippen LogP contribution >= 0.6 is 0 Å². The third-order valence-electron chi connectivity index (χ3n) is 7.46. The molecule has 3 aromatic rings. The second-order valence-corrected chi connectivity index (χ2v) is 11.5. The van der Waals surface area contributed by atoms with Crippen molar-refractivity contribution in [2.75, 3.05) is 0 Å². The monoisotopic (exact) mass is 556 g/mol. The lowest BCUT2D eigenvalue weighted by atomic mass is 9.85. The Morgan fingerprint density at radius 1 is 1.00 bits per heavy atom. The van der Waals surface area contributed by atoms with Gasteiger partial charge in [0.1, 0.15) is 17.3 Å². The summed E-state index contributed by atoms with van der Waals surface area (Å²) in [6, 6.07) is 10.1. The predicted molar refractivity (Wildman–Crippen MR) is 125 cm³/mol. The molecule has 0 spiro atoms. The molecule has 1 N–H and O–H groups in total. The number of rotatable bonds is 5. The van der Waals surface area contributed by atoms with E-state index in [1.165, 1.54) is 18.3 Å². The molecule has 38 heavy (non-hydrogen) atoms. The fourth-order valence-corrected chi connectivity index (χ4v) is 6.67. The van der Waals surface area contributed by atoms with E-state index in [-0.39, 0.29) is 55.0 Å². The minimum atomic E-state index is -4.72. The van der Waals surface area contributed by atoms with E-state index in [0.29, 0.717) is 22.3 Å². The molecule has 202 valence electrons. The second kappa shape index (κ2) is 8.98. The average Bonchev–Trinajstić information content (AvgIpc) is 3.57. The summed E-state index contributed by atoms with van der Waals surface area (Å²) in [4.78, 5) is 4.01. The smallest absolute Gasteiger partial charge is 0.321 e. The first-order valence-corrected chi connectivity index (χ1v) is 13.4. The van der Waals surface area contributed by atoms with Crippen molar-refractivity contribution in [1.82, 2.24) is 14.3 Å². The molecule has 0 unspecified atom stereocenters. The van der Waals surface area contributed by atoms with Crippen molar-refractivity contribution in [3.8, 4) is 17.3 Å². The molecule has 0 bridgehead atoms. The maximum Gasteiger partial charge on any atom is 0.407 e. The van der Waals surface area contributed by atoms with Crippen molar-refractivity contribution in [2.45, 2.75) is 67.4 Å². The molecule has 2 fully saturated rings. The van der Waals surface area contributed by atoms with Gasteiger partial charge in [0.25, 0.3) is 0 Å². The van der Waals surface area contributed by atoms with Crippen LogP contribution in [0.4, 0.5) is 26.3 Å². The number of nitriles is 1. The summed E-state index contributed by atoms with van der Waals surface area (Å²) in [5, 5.41) is 10.5. The SMILES string of the molecule is N#Cc1c(-c2ccc(S(=O)(=O)NC3(C(F)(F)F)CC3)cc2)n(C2CCC(C(F)(F)F)CC2)c2ncccc12. The van der Waals surface area contributed by atoms with Gasteiger partial charge >= 0.3 is 12.4 Å². The first-order chi connectivity index (χ1) is 17.8. The van der Waals surface area contributed by atoms with Gasteiger partial charge < -0.3 is 4.57 Å². The first-order valence-electron chi connectivity index (χ1n) is 11.9. The molecule has 13 heteroatoms. The molecule has 2 aliphatic rings. The molecule has 0 atom stereocenters. The van der Waals surface area contributed by atoms with Crippen molar-refractivity contribution in [1.29, 1.82) is 5.26 Å². The van der Waals surface area contributed by atoms with Crippen LogP contribution in [0, 0.1) is 17.2 Å². The number of pyridine rings is 1. The van der Waals surface area contributed by atoms with E-state index >= 15 is 0 Å².